The lowest BCUT2D eigenvalue weighted by Crippen LogP contribution is -2.27. The molecule has 3 aromatic rings. The van der Waals surface area contributed by atoms with Crippen LogP contribution < -0.4 is 5.32 Å². The maximum absolute atomic E-state index is 12.7. The topological polar surface area (TPSA) is 97.2 Å². The average Bonchev–Trinajstić information content (AvgIpc) is 3.22. The molecule has 1 aromatic carbocycles. The van der Waals surface area contributed by atoms with Crippen molar-refractivity contribution < 1.29 is 14.4 Å². The lowest BCUT2D eigenvalue weighted by atomic mass is 10.0. The minimum atomic E-state index is -0.403. The summed E-state index contributed by atoms with van der Waals surface area (Å²) < 4.78 is 1.72. The Balaban J connectivity index is 1.55. The number of nitrogens with one attached hydrogen (secondary N) is 1. The maximum Gasteiger partial charge on any atom is 0.261 e. The van der Waals surface area contributed by atoms with Crippen LogP contribution in [0.15, 0.2) is 48.8 Å². The Morgan fingerprint density at radius 1 is 1.10 bits per heavy atom. The highest BCUT2D eigenvalue weighted by atomic mass is 16.2. The van der Waals surface area contributed by atoms with E-state index in [4.69, 9.17) is 0 Å². The normalized spacial score (nSPS) is 14.1. The monoisotopic (exact) mass is 389 g/mol. The second-order valence-corrected chi connectivity index (χ2v) is 6.91. The molecule has 0 bridgehead atoms. The molecule has 8 nitrogen and oxygen atoms in total. The van der Waals surface area contributed by atoms with E-state index in [1.165, 1.54) is 19.2 Å². The van der Waals surface area contributed by atoms with E-state index in [1.54, 1.807) is 23.1 Å². The van der Waals surface area contributed by atoms with Crippen molar-refractivity contribution in [3.05, 3.63) is 76.7 Å². The number of aromatic nitrogens is 3. The third-order valence-electron chi connectivity index (χ3n) is 5.08. The highest BCUT2D eigenvalue weighted by molar-refractivity contribution is 6.21. The predicted molar refractivity (Wildman–Crippen MR) is 105 cm³/mol. The van der Waals surface area contributed by atoms with Crippen molar-refractivity contribution in [2.24, 2.45) is 0 Å². The first kappa shape index (κ1) is 18.5. The second kappa shape index (κ2) is 6.97. The van der Waals surface area contributed by atoms with Gasteiger partial charge >= 0.3 is 0 Å². The van der Waals surface area contributed by atoms with E-state index in [0.29, 0.717) is 16.9 Å². The fourth-order valence-electron chi connectivity index (χ4n) is 3.42. The molecule has 0 saturated heterocycles. The van der Waals surface area contributed by atoms with Gasteiger partial charge in [-0.05, 0) is 44.2 Å². The molecule has 0 aliphatic carbocycles. The summed E-state index contributed by atoms with van der Waals surface area (Å²) in [6, 6.07) is 9.79. The molecule has 146 valence electrons. The van der Waals surface area contributed by atoms with Gasteiger partial charge in [0.2, 0.25) is 0 Å². The van der Waals surface area contributed by atoms with Crippen molar-refractivity contribution in [1.82, 2.24) is 25.0 Å². The third-order valence-corrected chi connectivity index (χ3v) is 5.08. The lowest BCUT2D eigenvalue weighted by Gasteiger charge is -2.14. The molecular formula is C21H19N5O3. The number of nitrogens with zero attached hydrogens (tertiary/aromatic N) is 4. The molecule has 1 aliphatic rings. The van der Waals surface area contributed by atoms with Crippen LogP contribution >= 0.6 is 0 Å². The van der Waals surface area contributed by atoms with E-state index in [1.807, 2.05) is 32.0 Å². The molecule has 29 heavy (non-hydrogen) atoms. The van der Waals surface area contributed by atoms with E-state index < -0.39 is 5.91 Å². The highest BCUT2D eigenvalue weighted by Crippen LogP contribution is 2.24. The van der Waals surface area contributed by atoms with Gasteiger partial charge in [-0.3, -0.25) is 19.3 Å². The molecule has 0 fully saturated rings. The van der Waals surface area contributed by atoms with Gasteiger partial charge in [0.1, 0.15) is 0 Å². The van der Waals surface area contributed by atoms with Crippen LogP contribution in [-0.4, -0.2) is 44.4 Å². The Bertz CT molecular complexity index is 1140. The first-order chi connectivity index (χ1) is 13.9. The zero-order valence-electron chi connectivity index (χ0n) is 16.2. The molecule has 3 amide bonds. The number of benzene rings is 1. The van der Waals surface area contributed by atoms with Gasteiger partial charge in [0.15, 0.2) is 5.82 Å². The van der Waals surface area contributed by atoms with Crippen molar-refractivity contribution in [1.29, 1.82) is 0 Å². The smallest absolute Gasteiger partial charge is 0.261 e. The summed E-state index contributed by atoms with van der Waals surface area (Å²) in [5.41, 5.74) is 2.61. The van der Waals surface area contributed by atoms with Crippen LogP contribution in [0.4, 0.5) is 0 Å². The summed E-state index contributed by atoms with van der Waals surface area (Å²) in [5.74, 6) is -0.399. The summed E-state index contributed by atoms with van der Waals surface area (Å²) in [4.78, 5) is 42.2. The standard InChI is InChI=1S/C21H19N5O3/c1-12(17-11-23-26(13(17)2)18-6-4-5-9-22-18)24-19(27)14-7-8-15-16(10-14)21(29)25(3)20(15)28/h4-12H,1-3H3,(H,24,27). The number of carbonyl (C=O) groups is 3. The Kier molecular flexibility index (Phi) is 4.46. The first-order valence-corrected chi connectivity index (χ1v) is 9.11. The Hall–Kier alpha value is -3.81. The Morgan fingerprint density at radius 3 is 2.59 bits per heavy atom. The van der Waals surface area contributed by atoms with Gasteiger partial charge in [-0.25, -0.2) is 9.67 Å². The molecule has 2 aromatic heterocycles. The van der Waals surface area contributed by atoms with Crippen molar-refractivity contribution in [3.63, 3.8) is 0 Å². The molecular weight excluding hydrogens is 370 g/mol. The molecule has 1 atom stereocenters. The molecule has 1 unspecified atom stereocenters. The summed E-state index contributed by atoms with van der Waals surface area (Å²) in [7, 11) is 1.43. The largest absolute Gasteiger partial charge is 0.345 e. The molecule has 4 rings (SSSR count). The Morgan fingerprint density at radius 2 is 1.86 bits per heavy atom. The summed E-state index contributed by atoms with van der Waals surface area (Å²) in [5, 5.41) is 7.30. The zero-order valence-corrected chi connectivity index (χ0v) is 16.2. The van der Waals surface area contributed by atoms with Crippen molar-refractivity contribution in [3.8, 4) is 5.82 Å². The number of hydrogen-bond donors (Lipinski definition) is 1. The van der Waals surface area contributed by atoms with Crippen LogP contribution in [0, 0.1) is 6.92 Å². The number of amides is 3. The van der Waals surface area contributed by atoms with Gasteiger partial charge in [0, 0.05) is 30.1 Å². The maximum atomic E-state index is 12.7. The van der Waals surface area contributed by atoms with Crippen LogP contribution in [0.5, 0.6) is 0 Å². The van der Waals surface area contributed by atoms with E-state index in [-0.39, 0.29) is 23.4 Å². The fraction of sp³-hybridized carbons (Fsp3) is 0.190. The number of hydrogen-bond acceptors (Lipinski definition) is 5. The van der Waals surface area contributed by atoms with Crippen LogP contribution in [0.2, 0.25) is 0 Å². The van der Waals surface area contributed by atoms with E-state index in [2.05, 4.69) is 15.4 Å². The quantitative estimate of drug-likeness (QED) is 0.691. The van der Waals surface area contributed by atoms with Crippen LogP contribution in [0.3, 0.4) is 0 Å². The molecule has 0 spiro atoms. The van der Waals surface area contributed by atoms with Gasteiger partial charge in [-0.1, -0.05) is 6.07 Å². The van der Waals surface area contributed by atoms with Crippen molar-refractivity contribution in [2.45, 2.75) is 19.9 Å². The molecule has 8 heteroatoms. The summed E-state index contributed by atoms with van der Waals surface area (Å²) >= 11 is 0. The van der Waals surface area contributed by atoms with E-state index in [0.717, 1.165) is 16.2 Å². The second-order valence-electron chi connectivity index (χ2n) is 6.91. The van der Waals surface area contributed by atoms with E-state index >= 15 is 0 Å². The van der Waals surface area contributed by atoms with Crippen molar-refractivity contribution >= 4 is 17.7 Å². The van der Waals surface area contributed by atoms with Crippen molar-refractivity contribution in [2.75, 3.05) is 7.05 Å². The van der Waals surface area contributed by atoms with E-state index in [9.17, 15) is 14.4 Å². The highest BCUT2D eigenvalue weighted by Gasteiger charge is 2.33. The number of pyridine rings is 1. The summed E-state index contributed by atoms with van der Waals surface area (Å²) in [6.07, 6.45) is 3.40. The van der Waals surface area contributed by atoms with Gasteiger partial charge in [0.25, 0.3) is 17.7 Å². The average molecular weight is 389 g/mol. The summed E-state index contributed by atoms with van der Waals surface area (Å²) in [6.45, 7) is 3.77. The Labute approximate surface area is 167 Å². The van der Waals surface area contributed by atoms with Gasteiger partial charge < -0.3 is 5.32 Å². The SMILES string of the molecule is Cc1c(C(C)NC(=O)c2ccc3c(c2)C(=O)N(C)C3=O)cnn1-c1ccccn1. The number of carbonyl (C=O) groups excluding carboxylic acids is 3. The molecule has 0 radical (unpaired) electrons. The van der Waals surface area contributed by atoms with Crippen LogP contribution in [0.25, 0.3) is 5.82 Å². The number of imide groups is 1. The van der Waals surface area contributed by atoms with Gasteiger partial charge in [-0.15, -0.1) is 0 Å². The molecule has 1 N–H and O–H groups in total. The number of rotatable bonds is 4. The zero-order chi connectivity index (χ0) is 20.7. The number of fused-ring (bicyclic) bond motifs is 1. The molecule has 3 heterocycles. The first-order valence-electron chi connectivity index (χ1n) is 9.11. The van der Waals surface area contributed by atoms with Gasteiger partial charge in [0.05, 0.1) is 23.4 Å². The minimum absolute atomic E-state index is 0.247. The van der Waals surface area contributed by atoms with Crippen LogP contribution in [0.1, 0.15) is 55.3 Å². The molecule has 0 saturated carbocycles. The third kappa shape index (κ3) is 3.08. The van der Waals surface area contributed by atoms with Crippen LogP contribution in [-0.2, 0) is 0 Å². The lowest BCUT2D eigenvalue weighted by molar-refractivity contribution is 0.0693. The minimum Gasteiger partial charge on any atom is -0.345 e. The van der Waals surface area contributed by atoms with Gasteiger partial charge in [-0.2, -0.15) is 5.10 Å². The molecule has 1 aliphatic heterocycles. The predicted octanol–water partition coefficient (Wildman–Crippen LogP) is 2.29. The fourth-order valence-corrected chi connectivity index (χ4v) is 3.42.